The minimum atomic E-state index is -0.0694. The van der Waals surface area contributed by atoms with Crippen LogP contribution in [0, 0.1) is 5.92 Å². The molecule has 0 saturated heterocycles. The van der Waals surface area contributed by atoms with E-state index >= 15 is 0 Å². The molecule has 0 saturated carbocycles. The second-order valence-corrected chi connectivity index (χ2v) is 2.50. The highest BCUT2D eigenvalue weighted by atomic mass is 35.5. The van der Waals surface area contributed by atoms with Crippen molar-refractivity contribution in [1.82, 2.24) is 0 Å². The molecule has 0 amide bonds. The van der Waals surface area contributed by atoms with Crippen LogP contribution in [0.3, 0.4) is 0 Å². The second kappa shape index (κ2) is 3.28. The van der Waals surface area contributed by atoms with Gasteiger partial charge in [-0.25, -0.2) is 0 Å². The standard InChI is InChI=1S/C5H11ClO/c1-4(2)5(6)3-7/h4-5,7H,3H2,1-2H3. The van der Waals surface area contributed by atoms with Crippen molar-refractivity contribution >= 4 is 11.6 Å². The van der Waals surface area contributed by atoms with Crippen LogP contribution in [0.25, 0.3) is 0 Å². The van der Waals surface area contributed by atoms with Crippen molar-refractivity contribution < 1.29 is 5.11 Å². The van der Waals surface area contributed by atoms with Crippen molar-refractivity contribution in [3.63, 3.8) is 0 Å². The number of rotatable bonds is 2. The van der Waals surface area contributed by atoms with Crippen molar-refractivity contribution in [3.8, 4) is 0 Å². The van der Waals surface area contributed by atoms with Gasteiger partial charge in [-0.2, -0.15) is 0 Å². The molecule has 0 aliphatic rings. The van der Waals surface area contributed by atoms with Crippen molar-refractivity contribution in [3.05, 3.63) is 0 Å². The van der Waals surface area contributed by atoms with E-state index in [2.05, 4.69) is 0 Å². The Morgan fingerprint density at radius 1 is 1.57 bits per heavy atom. The Morgan fingerprint density at radius 3 is 2.00 bits per heavy atom. The van der Waals surface area contributed by atoms with Gasteiger partial charge in [-0.1, -0.05) is 13.8 Å². The van der Waals surface area contributed by atoms with Crippen LogP contribution in [0.15, 0.2) is 0 Å². The quantitative estimate of drug-likeness (QED) is 0.547. The Hall–Kier alpha value is 0.250. The maximum Gasteiger partial charge on any atom is 0.0597 e. The third kappa shape index (κ3) is 2.89. The van der Waals surface area contributed by atoms with Gasteiger partial charge in [0.05, 0.1) is 12.0 Å². The Kier molecular flexibility index (Phi) is 3.39. The maximum absolute atomic E-state index is 8.37. The highest BCUT2D eigenvalue weighted by Crippen LogP contribution is 2.06. The summed E-state index contributed by atoms with van der Waals surface area (Å²) in [5, 5.41) is 8.30. The molecule has 7 heavy (non-hydrogen) atoms. The summed E-state index contributed by atoms with van der Waals surface area (Å²) in [5.41, 5.74) is 0. The summed E-state index contributed by atoms with van der Waals surface area (Å²) in [7, 11) is 0. The molecular weight excluding hydrogens is 112 g/mol. The third-order valence-electron chi connectivity index (χ3n) is 0.898. The molecule has 1 unspecified atom stereocenters. The smallest absolute Gasteiger partial charge is 0.0597 e. The van der Waals surface area contributed by atoms with Crippen molar-refractivity contribution in [1.29, 1.82) is 0 Å². The van der Waals surface area contributed by atoms with E-state index < -0.39 is 0 Å². The van der Waals surface area contributed by atoms with E-state index in [1.165, 1.54) is 0 Å². The average molecular weight is 123 g/mol. The first kappa shape index (κ1) is 7.25. The van der Waals surface area contributed by atoms with Crippen LogP contribution in [0.4, 0.5) is 0 Å². The van der Waals surface area contributed by atoms with Gasteiger partial charge in [0, 0.05) is 0 Å². The zero-order valence-electron chi connectivity index (χ0n) is 4.69. The fraction of sp³-hybridized carbons (Fsp3) is 1.00. The fourth-order valence-electron chi connectivity index (χ4n) is 0.211. The number of aliphatic hydroxyl groups is 1. The van der Waals surface area contributed by atoms with E-state index in [-0.39, 0.29) is 12.0 Å². The van der Waals surface area contributed by atoms with Crippen LogP contribution in [-0.4, -0.2) is 17.1 Å². The predicted molar refractivity (Wildman–Crippen MR) is 31.6 cm³/mol. The normalized spacial score (nSPS) is 15.0. The molecule has 0 aliphatic carbocycles. The Morgan fingerprint density at radius 2 is 2.00 bits per heavy atom. The van der Waals surface area contributed by atoms with Gasteiger partial charge < -0.3 is 5.11 Å². The zero-order chi connectivity index (χ0) is 5.86. The number of hydrogen-bond acceptors (Lipinski definition) is 1. The molecule has 0 rings (SSSR count). The molecule has 0 fully saturated rings. The zero-order valence-corrected chi connectivity index (χ0v) is 5.44. The van der Waals surface area contributed by atoms with E-state index in [0.29, 0.717) is 5.92 Å². The molecule has 44 valence electrons. The lowest BCUT2D eigenvalue weighted by molar-refractivity contribution is 0.272. The molecule has 0 bridgehead atoms. The van der Waals surface area contributed by atoms with Crippen LogP contribution in [0.5, 0.6) is 0 Å². The molecule has 1 nitrogen and oxygen atoms in total. The first-order chi connectivity index (χ1) is 3.18. The van der Waals surface area contributed by atoms with Crippen LogP contribution in [-0.2, 0) is 0 Å². The summed E-state index contributed by atoms with van der Waals surface area (Å²) in [5.74, 6) is 0.381. The molecule has 0 aromatic rings. The molecule has 2 heteroatoms. The Bertz CT molecular complexity index is 45.3. The first-order valence-corrected chi connectivity index (χ1v) is 2.87. The Labute approximate surface area is 49.3 Å². The van der Waals surface area contributed by atoms with Crippen LogP contribution >= 0.6 is 11.6 Å². The van der Waals surface area contributed by atoms with E-state index in [0.717, 1.165) is 0 Å². The van der Waals surface area contributed by atoms with E-state index in [1.54, 1.807) is 0 Å². The lowest BCUT2D eigenvalue weighted by Crippen LogP contribution is -2.11. The van der Waals surface area contributed by atoms with E-state index in [9.17, 15) is 0 Å². The van der Waals surface area contributed by atoms with Crippen molar-refractivity contribution in [2.24, 2.45) is 5.92 Å². The maximum atomic E-state index is 8.37. The van der Waals surface area contributed by atoms with Gasteiger partial charge in [0.25, 0.3) is 0 Å². The molecule has 0 spiro atoms. The highest BCUT2D eigenvalue weighted by Gasteiger charge is 2.05. The van der Waals surface area contributed by atoms with Gasteiger partial charge in [0.1, 0.15) is 0 Å². The topological polar surface area (TPSA) is 20.2 Å². The minimum Gasteiger partial charge on any atom is -0.395 e. The summed E-state index contributed by atoms with van der Waals surface area (Å²) in [4.78, 5) is 0. The van der Waals surface area contributed by atoms with Gasteiger partial charge in [-0.3, -0.25) is 0 Å². The van der Waals surface area contributed by atoms with Crippen molar-refractivity contribution in [2.45, 2.75) is 19.2 Å². The fourth-order valence-corrected chi connectivity index (χ4v) is 0.211. The molecular formula is C5H11ClO. The monoisotopic (exact) mass is 122 g/mol. The van der Waals surface area contributed by atoms with Crippen LogP contribution in [0.2, 0.25) is 0 Å². The van der Waals surface area contributed by atoms with Crippen LogP contribution < -0.4 is 0 Å². The molecule has 1 N–H and O–H groups in total. The lowest BCUT2D eigenvalue weighted by atomic mass is 10.1. The number of alkyl halides is 1. The van der Waals surface area contributed by atoms with Gasteiger partial charge in [0.15, 0.2) is 0 Å². The summed E-state index contributed by atoms with van der Waals surface area (Å²) < 4.78 is 0. The molecule has 0 aromatic heterocycles. The van der Waals surface area contributed by atoms with Gasteiger partial charge >= 0.3 is 0 Å². The van der Waals surface area contributed by atoms with Crippen LogP contribution in [0.1, 0.15) is 13.8 Å². The van der Waals surface area contributed by atoms with Gasteiger partial charge in [-0.05, 0) is 5.92 Å². The first-order valence-electron chi connectivity index (χ1n) is 2.43. The molecule has 0 aliphatic heterocycles. The minimum absolute atomic E-state index is 0.0694. The van der Waals surface area contributed by atoms with Crippen molar-refractivity contribution in [2.75, 3.05) is 6.61 Å². The number of halogens is 1. The van der Waals surface area contributed by atoms with Gasteiger partial charge in [-0.15, -0.1) is 11.6 Å². The molecule has 0 heterocycles. The summed E-state index contributed by atoms with van der Waals surface area (Å²) in [6.07, 6.45) is 0. The van der Waals surface area contributed by atoms with Gasteiger partial charge in [0.2, 0.25) is 0 Å². The highest BCUT2D eigenvalue weighted by molar-refractivity contribution is 6.20. The largest absolute Gasteiger partial charge is 0.395 e. The summed E-state index contributed by atoms with van der Waals surface area (Å²) in [6, 6.07) is 0. The molecule has 0 radical (unpaired) electrons. The van der Waals surface area contributed by atoms with E-state index in [4.69, 9.17) is 16.7 Å². The summed E-state index contributed by atoms with van der Waals surface area (Å²) >= 11 is 5.55. The Balaban J connectivity index is 3.14. The molecule has 1 atom stereocenters. The molecule has 0 aromatic carbocycles. The lowest BCUT2D eigenvalue weighted by Gasteiger charge is -2.07. The SMILES string of the molecule is CC(C)C(Cl)CO. The predicted octanol–water partition coefficient (Wildman–Crippen LogP) is 1.24. The summed E-state index contributed by atoms with van der Waals surface area (Å²) in [6.45, 7) is 4.04. The third-order valence-corrected chi connectivity index (χ3v) is 1.54. The average Bonchev–Trinajstić information content (AvgIpc) is 1.65. The second-order valence-electron chi connectivity index (χ2n) is 1.94. The number of hydrogen-bond donors (Lipinski definition) is 1. The number of aliphatic hydroxyl groups excluding tert-OH is 1. The van der Waals surface area contributed by atoms with E-state index in [1.807, 2.05) is 13.8 Å².